The van der Waals surface area contributed by atoms with E-state index in [0.29, 0.717) is 70.6 Å². The predicted molar refractivity (Wildman–Crippen MR) is 233 cm³/mol. The molecule has 0 bridgehead atoms. The van der Waals surface area contributed by atoms with Crippen LogP contribution in [-0.2, 0) is 9.59 Å². The second-order valence-corrected chi connectivity index (χ2v) is 16.3. The van der Waals surface area contributed by atoms with E-state index in [0.717, 1.165) is 87.7 Å². The molecule has 0 aliphatic carbocycles. The molecule has 0 saturated heterocycles. The predicted octanol–water partition coefficient (Wildman–Crippen LogP) is 10.7. The number of nitrogens with one attached hydrogen (secondary N) is 2. The number of carbonyl (C=O) groups excluding carboxylic acids is 6. The third-order valence-corrected chi connectivity index (χ3v) is 11.5. The minimum Gasteiger partial charge on any atom is -0.326 e. The van der Waals surface area contributed by atoms with Crippen molar-refractivity contribution in [1.82, 2.24) is 19.1 Å². The SMILES string of the molecule is CCCCCCCC(=O)Nc1ccc2c(c1)nc(C(=O)SCCCCCSC(=O)c1nc3ccc(NC(=O)CCCCCCC)cc3n1C(=O)CC)n2C(=O)CC. The molecule has 4 rings (SSSR count). The van der Waals surface area contributed by atoms with E-state index in [2.05, 4.69) is 34.4 Å². The number of hydrogen-bond donors (Lipinski definition) is 2. The van der Waals surface area contributed by atoms with Gasteiger partial charge in [0.2, 0.25) is 23.6 Å². The molecule has 2 heterocycles. The topological polar surface area (TPSA) is 162 Å². The molecule has 0 atom stereocenters. The molecule has 2 amide bonds. The van der Waals surface area contributed by atoms with Crippen molar-refractivity contribution in [3.05, 3.63) is 48.0 Å². The fourth-order valence-electron chi connectivity index (χ4n) is 6.47. The fourth-order valence-corrected chi connectivity index (χ4v) is 8.07. The molecule has 12 nitrogen and oxygen atoms in total. The van der Waals surface area contributed by atoms with Gasteiger partial charge in [-0.25, -0.2) is 9.97 Å². The Kier molecular flexibility index (Phi) is 19.0. The zero-order valence-corrected chi connectivity index (χ0v) is 35.6. The van der Waals surface area contributed by atoms with Crippen LogP contribution in [0.4, 0.5) is 11.4 Å². The van der Waals surface area contributed by atoms with E-state index in [9.17, 15) is 28.8 Å². The highest BCUT2D eigenvalue weighted by atomic mass is 32.2. The molecular formula is C43H58N6O6S2. The molecule has 0 aliphatic heterocycles. The third kappa shape index (κ3) is 13.4. The highest BCUT2D eigenvalue weighted by molar-refractivity contribution is 8.14. The summed E-state index contributed by atoms with van der Waals surface area (Å²) in [5, 5.41) is 5.22. The van der Waals surface area contributed by atoms with E-state index in [1.807, 2.05) is 0 Å². The Morgan fingerprint density at radius 3 is 1.51 bits per heavy atom. The zero-order valence-electron chi connectivity index (χ0n) is 34.0. The number of carbonyl (C=O) groups is 6. The lowest BCUT2D eigenvalue weighted by Crippen LogP contribution is -2.16. The second-order valence-electron chi connectivity index (χ2n) is 14.2. The first-order valence-corrected chi connectivity index (χ1v) is 22.6. The molecule has 0 fully saturated rings. The van der Waals surface area contributed by atoms with Crippen LogP contribution >= 0.6 is 23.5 Å². The number of unbranched alkanes of at least 4 members (excludes halogenated alkanes) is 10. The zero-order chi connectivity index (χ0) is 41.2. The maximum atomic E-state index is 13.3. The van der Waals surface area contributed by atoms with Crippen LogP contribution in [0, 0.1) is 0 Å². The van der Waals surface area contributed by atoms with Crippen molar-refractivity contribution in [2.24, 2.45) is 0 Å². The van der Waals surface area contributed by atoms with Gasteiger partial charge in [0, 0.05) is 48.6 Å². The summed E-state index contributed by atoms with van der Waals surface area (Å²) in [7, 11) is 0. The Labute approximate surface area is 344 Å². The number of anilines is 2. The minimum atomic E-state index is -0.306. The first-order valence-electron chi connectivity index (χ1n) is 20.7. The van der Waals surface area contributed by atoms with Crippen LogP contribution in [0.15, 0.2) is 36.4 Å². The number of nitrogens with zero attached hydrogens (tertiary/aromatic N) is 4. The molecule has 2 N–H and O–H groups in total. The van der Waals surface area contributed by atoms with Crippen LogP contribution in [0.25, 0.3) is 22.1 Å². The summed E-state index contributed by atoms with van der Waals surface area (Å²) in [6.07, 6.45) is 14.0. The van der Waals surface area contributed by atoms with Gasteiger partial charge in [-0.3, -0.25) is 37.9 Å². The van der Waals surface area contributed by atoms with Crippen LogP contribution in [0.2, 0.25) is 0 Å². The van der Waals surface area contributed by atoms with Gasteiger partial charge in [0.25, 0.3) is 10.2 Å². The van der Waals surface area contributed by atoms with E-state index in [1.54, 1.807) is 50.2 Å². The van der Waals surface area contributed by atoms with Gasteiger partial charge in [0.15, 0.2) is 11.6 Å². The quantitative estimate of drug-likeness (QED) is 0.0651. The van der Waals surface area contributed by atoms with Gasteiger partial charge in [0.1, 0.15) is 0 Å². The molecule has 57 heavy (non-hydrogen) atoms. The van der Waals surface area contributed by atoms with Gasteiger partial charge in [-0.1, -0.05) is 109 Å². The van der Waals surface area contributed by atoms with Gasteiger partial charge >= 0.3 is 0 Å². The van der Waals surface area contributed by atoms with Crippen molar-refractivity contribution in [3.8, 4) is 0 Å². The molecule has 0 spiro atoms. The molecule has 4 aromatic rings. The summed E-state index contributed by atoms with van der Waals surface area (Å²) < 4.78 is 2.73. The van der Waals surface area contributed by atoms with Crippen LogP contribution in [0.5, 0.6) is 0 Å². The van der Waals surface area contributed by atoms with Gasteiger partial charge in [-0.05, 0) is 62.1 Å². The summed E-state index contributed by atoms with van der Waals surface area (Å²) in [4.78, 5) is 86.7. The van der Waals surface area contributed by atoms with Crippen molar-refractivity contribution in [2.45, 2.75) is 137 Å². The molecule has 14 heteroatoms. The lowest BCUT2D eigenvalue weighted by molar-refractivity contribution is -0.117. The van der Waals surface area contributed by atoms with Crippen molar-refractivity contribution in [2.75, 3.05) is 22.1 Å². The largest absolute Gasteiger partial charge is 0.326 e. The second kappa shape index (κ2) is 23.8. The molecule has 308 valence electrons. The number of rotatable bonds is 24. The Balaban J connectivity index is 1.28. The van der Waals surface area contributed by atoms with Crippen molar-refractivity contribution < 1.29 is 28.8 Å². The van der Waals surface area contributed by atoms with Crippen LogP contribution in [-0.4, -0.2) is 64.5 Å². The van der Waals surface area contributed by atoms with Gasteiger partial charge in [-0.2, -0.15) is 0 Å². The Bertz CT molecular complexity index is 2000. The molecular weight excluding hydrogens is 761 g/mol. The summed E-state index contributed by atoms with van der Waals surface area (Å²) >= 11 is 2.21. The van der Waals surface area contributed by atoms with E-state index in [1.165, 1.54) is 15.6 Å². The van der Waals surface area contributed by atoms with Crippen molar-refractivity contribution >= 4 is 90.8 Å². The van der Waals surface area contributed by atoms with Crippen molar-refractivity contribution in [1.29, 1.82) is 0 Å². The van der Waals surface area contributed by atoms with E-state index in [4.69, 9.17) is 0 Å². The van der Waals surface area contributed by atoms with Crippen LogP contribution in [0.1, 0.15) is 168 Å². The minimum absolute atomic E-state index is 0.0687. The summed E-state index contributed by atoms with van der Waals surface area (Å²) in [5.41, 5.74) is 3.11. The smallest absolute Gasteiger partial charge is 0.255 e. The van der Waals surface area contributed by atoms with E-state index in [-0.39, 0.29) is 58.3 Å². The molecule has 0 saturated carbocycles. The molecule has 0 aliphatic rings. The van der Waals surface area contributed by atoms with Gasteiger partial charge in [-0.15, -0.1) is 0 Å². The number of thioether (sulfide) groups is 2. The van der Waals surface area contributed by atoms with Gasteiger partial charge in [0.05, 0.1) is 22.1 Å². The van der Waals surface area contributed by atoms with E-state index >= 15 is 0 Å². The van der Waals surface area contributed by atoms with Crippen LogP contribution < -0.4 is 10.6 Å². The number of imidazole rings is 2. The van der Waals surface area contributed by atoms with Crippen LogP contribution in [0.3, 0.4) is 0 Å². The fraction of sp³-hybridized carbons (Fsp3) is 0.535. The van der Waals surface area contributed by atoms with Crippen molar-refractivity contribution in [3.63, 3.8) is 0 Å². The molecule has 2 aromatic heterocycles. The normalized spacial score (nSPS) is 11.3. The lowest BCUT2D eigenvalue weighted by Gasteiger charge is -2.08. The number of aromatic nitrogens is 4. The standard InChI is InChI=1S/C43H58N6O6S2/c1-5-9-11-13-16-20-36(50)44-30-23-25-34-33(28-30)47-41(48(34)38(52)7-3)43(55)57-27-19-15-18-26-56-42(54)40-46-32-24-22-31(29-35(32)49(40)39(53)8-4)45-37(51)21-17-14-12-10-6-2/h22-25,28-29H,5-21,26-27H2,1-4H3,(H,44,50)(H,45,51). The number of benzene rings is 2. The summed E-state index contributed by atoms with van der Waals surface area (Å²) in [6.45, 7) is 7.77. The first-order chi connectivity index (χ1) is 27.6. The number of fused-ring (bicyclic) bond motifs is 2. The highest BCUT2D eigenvalue weighted by Crippen LogP contribution is 2.27. The maximum absolute atomic E-state index is 13.3. The Morgan fingerprint density at radius 2 is 0.982 bits per heavy atom. The van der Waals surface area contributed by atoms with E-state index < -0.39 is 0 Å². The maximum Gasteiger partial charge on any atom is 0.255 e. The first kappa shape index (κ1) is 45.4. The average Bonchev–Trinajstić information content (AvgIpc) is 3.78. The third-order valence-electron chi connectivity index (χ3n) is 9.62. The molecule has 0 unspecified atom stereocenters. The highest BCUT2D eigenvalue weighted by Gasteiger charge is 2.24. The lowest BCUT2D eigenvalue weighted by atomic mass is 10.1. The summed E-state index contributed by atoms with van der Waals surface area (Å²) in [6, 6.07) is 10.3. The Hall–Kier alpha value is -4.30. The number of amides is 2. The van der Waals surface area contributed by atoms with Gasteiger partial charge < -0.3 is 10.6 Å². The average molecular weight is 819 g/mol. The monoisotopic (exact) mass is 818 g/mol. The number of hydrogen-bond acceptors (Lipinski definition) is 10. The summed E-state index contributed by atoms with van der Waals surface area (Å²) in [5.74, 6) is 0.511. The molecule has 2 aromatic carbocycles. The Morgan fingerprint density at radius 1 is 0.526 bits per heavy atom. The molecule has 0 radical (unpaired) electrons.